The van der Waals surface area contributed by atoms with Gasteiger partial charge in [-0.3, -0.25) is 9.59 Å². The van der Waals surface area contributed by atoms with E-state index in [0.717, 1.165) is 44.6 Å². The summed E-state index contributed by atoms with van der Waals surface area (Å²) in [6.07, 6.45) is 3.81. The molecule has 0 N–H and O–H groups in total. The minimum Gasteiger partial charge on any atom is -0.342 e. The summed E-state index contributed by atoms with van der Waals surface area (Å²) < 4.78 is 1.91. The molecule has 2 atom stereocenters. The van der Waals surface area contributed by atoms with E-state index in [2.05, 4.69) is 6.92 Å². The Morgan fingerprint density at radius 2 is 2.15 bits per heavy atom. The Morgan fingerprint density at radius 1 is 1.30 bits per heavy atom. The standard InChI is InChI=1S/C16H22N2O2/c1-2-3-6-15(19)17-9-12-8-13(11-17)14-5-4-7-16(20)18(14)10-12/h4-5,7,12-13H,2-3,6,8-11H2,1H3. The van der Waals surface area contributed by atoms with Gasteiger partial charge < -0.3 is 9.47 Å². The first-order chi connectivity index (χ1) is 9.69. The van der Waals surface area contributed by atoms with Gasteiger partial charge >= 0.3 is 0 Å². The molecule has 0 aromatic carbocycles. The lowest BCUT2D eigenvalue weighted by atomic mass is 9.83. The number of likely N-dealkylation sites (tertiary alicyclic amines) is 1. The third kappa shape index (κ3) is 2.39. The zero-order valence-corrected chi connectivity index (χ0v) is 12.0. The summed E-state index contributed by atoms with van der Waals surface area (Å²) in [7, 11) is 0. The van der Waals surface area contributed by atoms with Crippen molar-refractivity contribution in [2.24, 2.45) is 5.92 Å². The van der Waals surface area contributed by atoms with Crippen molar-refractivity contribution >= 4 is 5.91 Å². The number of piperidine rings is 1. The van der Waals surface area contributed by atoms with Gasteiger partial charge in [0.1, 0.15) is 0 Å². The maximum absolute atomic E-state index is 12.2. The number of aromatic nitrogens is 1. The van der Waals surface area contributed by atoms with Crippen LogP contribution in [0.15, 0.2) is 23.0 Å². The third-order valence-electron chi connectivity index (χ3n) is 4.58. The van der Waals surface area contributed by atoms with Gasteiger partial charge in [-0.1, -0.05) is 19.4 Å². The largest absolute Gasteiger partial charge is 0.342 e. The molecule has 108 valence electrons. The molecule has 3 heterocycles. The molecule has 1 aromatic heterocycles. The Labute approximate surface area is 119 Å². The number of pyridine rings is 1. The fraction of sp³-hybridized carbons (Fsp3) is 0.625. The average Bonchev–Trinajstić information content (AvgIpc) is 2.46. The predicted molar refractivity (Wildman–Crippen MR) is 77.7 cm³/mol. The van der Waals surface area contributed by atoms with Gasteiger partial charge in [0.05, 0.1) is 0 Å². The second kappa shape index (κ2) is 5.43. The SMILES string of the molecule is CCCCC(=O)N1CC2CC(C1)c1cccc(=O)n1C2. The summed E-state index contributed by atoms with van der Waals surface area (Å²) in [4.78, 5) is 26.2. The molecule has 4 nitrogen and oxygen atoms in total. The van der Waals surface area contributed by atoms with Gasteiger partial charge in [0, 0.05) is 43.7 Å². The number of carbonyl (C=O) groups excluding carboxylic acids is 1. The Balaban J connectivity index is 1.80. The molecule has 0 aliphatic carbocycles. The molecule has 3 rings (SSSR count). The maximum atomic E-state index is 12.2. The lowest BCUT2D eigenvalue weighted by molar-refractivity contribution is -0.134. The van der Waals surface area contributed by atoms with Crippen LogP contribution in [0.5, 0.6) is 0 Å². The van der Waals surface area contributed by atoms with Crippen LogP contribution in [0.4, 0.5) is 0 Å². The number of hydrogen-bond acceptors (Lipinski definition) is 2. The highest BCUT2D eigenvalue weighted by atomic mass is 16.2. The van der Waals surface area contributed by atoms with E-state index in [1.165, 1.54) is 0 Å². The van der Waals surface area contributed by atoms with Gasteiger partial charge in [0.15, 0.2) is 0 Å². The van der Waals surface area contributed by atoms with Crippen molar-refractivity contribution in [3.63, 3.8) is 0 Å². The first-order valence-electron chi connectivity index (χ1n) is 7.66. The number of unbranched alkanes of at least 4 members (excludes halogenated alkanes) is 1. The van der Waals surface area contributed by atoms with Crippen molar-refractivity contribution in [2.45, 2.75) is 45.1 Å². The van der Waals surface area contributed by atoms with Crippen LogP contribution in [0, 0.1) is 5.92 Å². The third-order valence-corrected chi connectivity index (χ3v) is 4.58. The highest BCUT2D eigenvalue weighted by Crippen LogP contribution is 2.35. The summed E-state index contributed by atoms with van der Waals surface area (Å²) in [5.74, 6) is 1.06. The molecule has 2 bridgehead atoms. The minimum atomic E-state index is 0.1000. The quantitative estimate of drug-likeness (QED) is 0.846. The van der Waals surface area contributed by atoms with Gasteiger partial charge in [-0.2, -0.15) is 0 Å². The van der Waals surface area contributed by atoms with Gasteiger partial charge in [-0.15, -0.1) is 0 Å². The summed E-state index contributed by atoms with van der Waals surface area (Å²) in [6.45, 7) is 4.48. The first-order valence-corrected chi connectivity index (χ1v) is 7.66. The van der Waals surface area contributed by atoms with Gasteiger partial charge in [0.2, 0.25) is 5.91 Å². The van der Waals surface area contributed by atoms with Crippen LogP contribution in [0.2, 0.25) is 0 Å². The van der Waals surface area contributed by atoms with Crippen molar-refractivity contribution in [3.8, 4) is 0 Å². The molecule has 1 aromatic rings. The normalized spacial score (nSPS) is 24.4. The molecule has 20 heavy (non-hydrogen) atoms. The molecule has 1 amide bonds. The maximum Gasteiger partial charge on any atom is 0.250 e. The zero-order valence-electron chi connectivity index (χ0n) is 12.0. The van der Waals surface area contributed by atoms with E-state index >= 15 is 0 Å². The topological polar surface area (TPSA) is 42.3 Å². The van der Waals surface area contributed by atoms with Crippen LogP contribution < -0.4 is 5.56 Å². The van der Waals surface area contributed by atoms with Crippen molar-refractivity contribution in [1.29, 1.82) is 0 Å². The van der Waals surface area contributed by atoms with E-state index in [1.54, 1.807) is 6.07 Å². The van der Waals surface area contributed by atoms with Crippen molar-refractivity contribution in [2.75, 3.05) is 13.1 Å². The summed E-state index contributed by atoms with van der Waals surface area (Å²) in [5, 5.41) is 0. The molecule has 1 saturated heterocycles. The molecule has 2 aliphatic heterocycles. The van der Waals surface area contributed by atoms with Crippen LogP contribution in [0.3, 0.4) is 0 Å². The molecule has 4 heteroatoms. The number of fused-ring (bicyclic) bond motifs is 4. The van der Waals surface area contributed by atoms with E-state index in [1.807, 2.05) is 21.6 Å². The van der Waals surface area contributed by atoms with Crippen LogP contribution in [-0.4, -0.2) is 28.5 Å². The van der Waals surface area contributed by atoms with Crippen LogP contribution in [-0.2, 0) is 11.3 Å². The Bertz CT molecular complexity index is 564. The van der Waals surface area contributed by atoms with E-state index in [9.17, 15) is 9.59 Å². The molecular weight excluding hydrogens is 252 g/mol. The summed E-state index contributed by atoms with van der Waals surface area (Å²) in [5.41, 5.74) is 1.21. The zero-order chi connectivity index (χ0) is 14.1. The van der Waals surface area contributed by atoms with E-state index < -0.39 is 0 Å². The van der Waals surface area contributed by atoms with Crippen molar-refractivity contribution in [1.82, 2.24) is 9.47 Å². The summed E-state index contributed by atoms with van der Waals surface area (Å²) >= 11 is 0. The number of nitrogens with zero attached hydrogens (tertiary/aromatic N) is 2. The number of carbonyl (C=O) groups is 1. The molecular formula is C16H22N2O2. The van der Waals surface area contributed by atoms with Crippen LogP contribution in [0.25, 0.3) is 0 Å². The Morgan fingerprint density at radius 3 is 2.95 bits per heavy atom. The van der Waals surface area contributed by atoms with Crippen LogP contribution >= 0.6 is 0 Å². The van der Waals surface area contributed by atoms with Crippen molar-refractivity contribution < 1.29 is 4.79 Å². The fourth-order valence-corrected chi connectivity index (χ4v) is 3.59. The molecule has 0 radical (unpaired) electrons. The average molecular weight is 274 g/mol. The second-order valence-corrected chi connectivity index (χ2v) is 6.10. The number of rotatable bonds is 3. The first kappa shape index (κ1) is 13.4. The summed E-state index contributed by atoms with van der Waals surface area (Å²) in [6, 6.07) is 5.52. The van der Waals surface area contributed by atoms with E-state index in [4.69, 9.17) is 0 Å². The van der Waals surface area contributed by atoms with E-state index in [-0.39, 0.29) is 11.5 Å². The Kier molecular flexibility index (Phi) is 3.64. The minimum absolute atomic E-state index is 0.1000. The van der Waals surface area contributed by atoms with Crippen molar-refractivity contribution in [3.05, 3.63) is 34.2 Å². The lowest BCUT2D eigenvalue weighted by Gasteiger charge is -2.42. The number of hydrogen-bond donors (Lipinski definition) is 0. The molecule has 0 saturated carbocycles. The lowest BCUT2D eigenvalue weighted by Crippen LogP contribution is -2.49. The molecule has 2 unspecified atom stereocenters. The fourth-order valence-electron chi connectivity index (χ4n) is 3.59. The predicted octanol–water partition coefficient (Wildman–Crippen LogP) is 1.98. The molecule has 0 spiro atoms. The molecule has 1 fully saturated rings. The number of amides is 1. The van der Waals surface area contributed by atoms with Crippen LogP contribution in [0.1, 0.15) is 44.2 Å². The second-order valence-electron chi connectivity index (χ2n) is 6.10. The highest BCUT2D eigenvalue weighted by molar-refractivity contribution is 5.76. The smallest absolute Gasteiger partial charge is 0.250 e. The van der Waals surface area contributed by atoms with Gasteiger partial charge in [-0.25, -0.2) is 0 Å². The molecule has 2 aliphatic rings. The highest BCUT2D eigenvalue weighted by Gasteiger charge is 2.35. The van der Waals surface area contributed by atoms with E-state index in [0.29, 0.717) is 18.3 Å². The Hall–Kier alpha value is -1.58. The van der Waals surface area contributed by atoms with Gasteiger partial charge in [-0.05, 0) is 24.8 Å². The monoisotopic (exact) mass is 274 g/mol. The van der Waals surface area contributed by atoms with Gasteiger partial charge in [0.25, 0.3) is 5.56 Å².